The lowest BCUT2D eigenvalue weighted by molar-refractivity contribution is 0.233. The van der Waals surface area contributed by atoms with E-state index in [-0.39, 0.29) is 5.24 Å². The third-order valence-corrected chi connectivity index (χ3v) is 1.68. The van der Waals surface area contributed by atoms with E-state index in [1.807, 2.05) is 38.2 Å². The summed E-state index contributed by atoms with van der Waals surface area (Å²) < 4.78 is 0. The first-order valence-electron chi connectivity index (χ1n) is 3.92. The summed E-state index contributed by atoms with van der Waals surface area (Å²) in [7, 11) is 0. The van der Waals surface area contributed by atoms with Crippen LogP contribution in [0.3, 0.4) is 0 Å². The molecule has 0 bridgehead atoms. The molecule has 0 aromatic carbocycles. The van der Waals surface area contributed by atoms with Crippen molar-refractivity contribution in [3.63, 3.8) is 0 Å². The Morgan fingerprint density at radius 3 is 1.92 bits per heavy atom. The van der Waals surface area contributed by atoms with E-state index in [1.54, 1.807) is 4.90 Å². The van der Waals surface area contributed by atoms with Crippen LogP contribution in [0.2, 0.25) is 0 Å². The van der Waals surface area contributed by atoms with E-state index in [4.69, 9.17) is 0 Å². The standard InChI is InChI=1S/C9H15NOS/c1-3-5-7-10(9(11)12)8-6-4-2/h3-6H,7-8H2,1-2H3,(H,11,12). The summed E-state index contributed by atoms with van der Waals surface area (Å²) in [6, 6.07) is 0. The lowest BCUT2D eigenvalue weighted by Gasteiger charge is -2.15. The average Bonchev–Trinajstić information content (AvgIpc) is 2.04. The number of carbonyl (C=O) groups excluding carboxylic acids is 1. The van der Waals surface area contributed by atoms with Gasteiger partial charge in [0.2, 0.25) is 0 Å². The highest BCUT2D eigenvalue weighted by atomic mass is 32.1. The fraction of sp³-hybridized carbons (Fsp3) is 0.444. The number of thiol groups is 1. The molecule has 0 rings (SSSR count). The summed E-state index contributed by atoms with van der Waals surface area (Å²) >= 11 is 3.76. The van der Waals surface area contributed by atoms with Gasteiger partial charge >= 0.3 is 0 Å². The highest BCUT2D eigenvalue weighted by Gasteiger charge is 2.03. The molecule has 0 saturated carbocycles. The maximum absolute atomic E-state index is 10.9. The number of carbonyl (C=O) groups is 1. The number of nitrogens with zero attached hydrogens (tertiary/aromatic N) is 1. The largest absolute Gasteiger partial charge is 0.326 e. The molecule has 0 fully saturated rings. The molecule has 0 saturated heterocycles. The van der Waals surface area contributed by atoms with Crippen LogP contribution in [0.1, 0.15) is 13.8 Å². The van der Waals surface area contributed by atoms with Gasteiger partial charge in [-0.05, 0) is 13.8 Å². The zero-order valence-corrected chi connectivity index (χ0v) is 8.42. The number of allylic oxidation sites excluding steroid dienone is 2. The van der Waals surface area contributed by atoms with Crippen molar-refractivity contribution in [1.29, 1.82) is 0 Å². The molecule has 0 heterocycles. The Hall–Kier alpha value is -0.700. The molecule has 0 aliphatic rings. The molecule has 0 radical (unpaired) electrons. The van der Waals surface area contributed by atoms with E-state index < -0.39 is 0 Å². The number of amides is 1. The monoisotopic (exact) mass is 185 g/mol. The summed E-state index contributed by atoms with van der Waals surface area (Å²) in [5, 5.41) is -0.189. The van der Waals surface area contributed by atoms with Gasteiger partial charge in [0.15, 0.2) is 0 Å². The lowest BCUT2D eigenvalue weighted by Crippen LogP contribution is -2.26. The molecule has 0 aromatic heterocycles. The Balaban J connectivity index is 3.95. The molecule has 3 heteroatoms. The van der Waals surface area contributed by atoms with Gasteiger partial charge in [0, 0.05) is 13.1 Å². The van der Waals surface area contributed by atoms with Crippen molar-refractivity contribution in [2.75, 3.05) is 13.1 Å². The normalized spacial score (nSPS) is 11.2. The van der Waals surface area contributed by atoms with Crippen LogP contribution in [0.4, 0.5) is 4.79 Å². The van der Waals surface area contributed by atoms with Gasteiger partial charge < -0.3 is 4.90 Å². The van der Waals surface area contributed by atoms with Gasteiger partial charge in [-0.2, -0.15) is 0 Å². The summed E-state index contributed by atoms with van der Waals surface area (Å²) in [6.07, 6.45) is 7.69. The maximum atomic E-state index is 10.9. The van der Waals surface area contributed by atoms with E-state index in [0.717, 1.165) is 0 Å². The number of hydrogen-bond donors (Lipinski definition) is 1. The van der Waals surface area contributed by atoms with Crippen LogP contribution < -0.4 is 0 Å². The Kier molecular flexibility index (Phi) is 6.57. The van der Waals surface area contributed by atoms with Crippen LogP contribution in [0.15, 0.2) is 24.3 Å². The molecule has 2 nitrogen and oxygen atoms in total. The summed E-state index contributed by atoms with van der Waals surface area (Å²) in [6.45, 7) is 5.11. The van der Waals surface area contributed by atoms with E-state index >= 15 is 0 Å². The van der Waals surface area contributed by atoms with Gasteiger partial charge in [-0.3, -0.25) is 4.79 Å². The number of hydrogen-bond acceptors (Lipinski definition) is 1. The van der Waals surface area contributed by atoms with Crippen LogP contribution in [0.25, 0.3) is 0 Å². The zero-order valence-electron chi connectivity index (χ0n) is 7.53. The van der Waals surface area contributed by atoms with Crippen molar-refractivity contribution < 1.29 is 4.79 Å². The second-order valence-corrected chi connectivity index (χ2v) is 2.71. The molecule has 12 heavy (non-hydrogen) atoms. The Labute approximate surface area is 79.4 Å². The topological polar surface area (TPSA) is 20.3 Å². The molecule has 0 aromatic rings. The third-order valence-electron chi connectivity index (χ3n) is 1.39. The van der Waals surface area contributed by atoms with Crippen LogP contribution in [0.5, 0.6) is 0 Å². The predicted octanol–water partition coefficient (Wildman–Crippen LogP) is 2.49. The Bertz CT molecular complexity index is 173. The second-order valence-electron chi connectivity index (χ2n) is 2.33. The smallest absolute Gasteiger partial charge is 0.279 e. The molecule has 1 amide bonds. The molecular weight excluding hydrogens is 170 g/mol. The van der Waals surface area contributed by atoms with Crippen molar-refractivity contribution in [1.82, 2.24) is 4.90 Å². The fourth-order valence-corrected chi connectivity index (χ4v) is 0.859. The summed E-state index contributed by atoms with van der Waals surface area (Å²) in [5.74, 6) is 0. The number of rotatable bonds is 4. The summed E-state index contributed by atoms with van der Waals surface area (Å²) in [5.41, 5.74) is 0. The van der Waals surface area contributed by atoms with Gasteiger partial charge in [0.1, 0.15) is 0 Å². The van der Waals surface area contributed by atoms with Gasteiger partial charge in [0.05, 0.1) is 0 Å². The van der Waals surface area contributed by atoms with Crippen molar-refractivity contribution in [2.45, 2.75) is 13.8 Å². The van der Waals surface area contributed by atoms with Crippen molar-refractivity contribution in [2.24, 2.45) is 0 Å². The molecule has 0 aliphatic heterocycles. The lowest BCUT2D eigenvalue weighted by atomic mass is 10.4. The highest BCUT2D eigenvalue weighted by Crippen LogP contribution is 1.96. The average molecular weight is 185 g/mol. The Morgan fingerprint density at radius 2 is 1.67 bits per heavy atom. The van der Waals surface area contributed by atoms with E-state index in [1.165, 1.54) is 0 Å². The van der Waals surface area contributed by atoms with Gasteiger partial charge in [0.25, 0.3) is 5.24 Å². The maximum Gasteiger partial charge on any atom is 0.279 e. The molecular formula is C9H15NOS. The van der Waals surface area contributed by atoms with Crippen molar-refractivity contribution in [3.8, 4) is 0 Å². The van der Waals surface area contributed by atoms with Gasteiger partial charge in [-0.1, -0.05) is 36.9 Å². The van der Waals surface area contributed by atoms with Crippen molar-refractivity contribution in [3.05, 3.63) is 24.3 Å². The van der Waals surface area contributed by atoms with Crippen molar-refractivity contribution >= 4 is 17.9 Å². The molecule has 68 valence electrons. The van der Waals surface area contributed by atoms with Crippen LogP contribution in [0, 0.1) is 0 Å². The first-order chi connectivity index (χ1) is 5.72. The minimum absolute atomic E-state index is 0.189. The predicted molar refractivity (Wildman–Crippen MR) is 55.6 cm³/mol. The summed E-state index contributed by atoms with van der Waals surface area (Å²) in [4.78, 5) is 12.5. The molecule has 0 N–H and O–H groups in total. The highest BCUT2D eigenvalue weighted by molar-refractivity contribution is 7.96. The van der Waals surface area contributed by atoms with E-state index in [9.17, 15) is 4.79 Å². The zero-order chi connectivity index (χ0) is 9.40. The molecule has 0 atom stereocenters. The quantitative estimate of drug-likeness (QED) is 0.527. The minimum atomic E-state index is -0.189. The molecule has 0 spiro atoms. The van der Waals surface area contributed by atoms with E-state index in [2.05, 4.69) is 12.6 Å². The molecule has 0 aliphatic carbocycles. The van der Waals surface area contributed by atoms with Crippen LogP contribution in [-0.4, -0.2) is 23.2 Å². The second kappa shape index (κ2) is 6.98. The minimum Gasteiger partial charge on any atom is -0.326 e. The third kappa shape index (κ3) is 5.02. The van der Waals surface area contributed by atoms with Gasteiger partial charge in [-0.25, -0.2) is 0 Å². The van der Waals surface area contributed by atoms with Gasteiger partial charge in [-0.15, -0.1) is 0 Å². The van der Waals surface area contributed by atoms with E-state index in [0.29, 0.717) is 13.1 Å². The first-order valence-corrected chi connectivity index (χ1v) is 4.37. The first kappa shape index (κ1) is 11.3. The molecule has 0 unspecified atom stereocenters. The van der Waals surface area contributed by atoms with Crippen LogP contribution in [-0.2, 0) is 0 Å². The van der Waals surface area contributed by atoms with Crippen LogP contribution >= 0.6 is 12.6 Å². The fourth-order valence-electron chi connectivity index (χ4n) is 0.696. The Morgan fingerprint density at radius 1 is 1.25 bits per heavy atom. The SMILES string of the molecule is CC=CCN(CC=CC)C(=O)S.